The molecule has 0 saturated carbocycles. The highest BCUT2D eigenvalue weighted by Crippen LogP contribution is 2.22. The Morgan fingerprint density at radius 2 is 1.81 bits per heavy atom. The number of hydrogen-bond donors (Lipinski definition) is 2. The summed E-state index contributed by atoms with van der Waals surface area (Å²) in [5.74, 6) is -3.57. The molecule has 1 aromatic carbocycles. The highest BCUT2D eigenvalue weighted by molar-refractivity contribution is 5.88. The Morgan fingerprint density at radius 1 is 1.24 bits per heavy atom. The first-order chi connectivity index (χ1) is 9.94. The van der Waals surface area contributed by atoms with Crippen molar-refractivity contribution in [1.82, 2.24) is 5.32 Å². The summed E-state index contributed by atoms with van der Waals surface area (Å²) < 4.78 is 32.1. The molecule has 0 spiro atoms. The Bertz CT molecular complexity index is 536. The number of carboxylic acid groups (broad SMARTS) is 1. The van der Waals surface area contributed by atoms with Crippen molar-refractivity contribution in [2.45, 2.75) is 24.8 Å². The molecule has 1 fully saturated rings. The lowest BCUT2D eigenvalue weighted by Crippen LogP contribution is -2.57. The average molecular weight is 299 g/mol. The summed E-state index contributed by atoms with van der Waals surface area (Å²) in [5.41, 5.74) is -1.81. The molecule has 1 aliphatic rings. The smallest absolute Gasteiger partial charge is 0.329 e. The third-order valence-electron chi connectivity index (χ3n) is 3.53. The topological polar surface area (TPSA) is 75.6 Å². The normalized spacial score (nSPS) is 17.2. The van der Waals surface area contributed by atoms with Crippen molar-refractivity contribution < 1.29 is 28.2 Å². The average Bonchev–Trinajstić information content (AvgIpc) is 2.44. The van der Waals surface area contributed by atoms with E-state index in [1.807, 2.05) is 0 Å². The molecule has 1 aliphatic heterocycles. The molecular weight excluding hydrogens is 284 g/mol. The quantitative estimate of drug-likeness (QED) is 0.877. The van der Waals surface area contributed by atoms with Gasteiger partial charge in [-0.05, 0) is 12.1 Å². The van der Waals surface area contributed by atoms with Crippen LogP contribution in [0.3, 0.4) is 0 Å². The fraction of sp³-hybridized carbons (Fsp3) is 0.429. The van der Waals surface area contributed by atoms with Gasteiger partial charge in [0.1, 0.15) is 17.2 Å². The summed E-state index contributed by atoms with van der Waals surface area (Å²) in [5, 5.41) is 11.7. The zero-order valence-electron chi connectivity index (χ0n) is 11.2. The SMILES string of the molecule is O=C(Cc1c(F)cccc1F)NC1(C(=O)O)CCOCC1. The minimum atomic E-state index is -1.43. The first-order valence-corrected chi connectivity index (χ1v) is 6.50. The van der Waals surface area contributed by atoms with E-state index in [1.165, 1.54) is 6.07 Å². The molecule has 21 heavy (non-hydrogen) atoms. The summed E-state index contributed by atoms with van der Waals surface area (Å²) in [6, 6.07) is 3.30. The number of benzene rings is 1. The first kappa shape index (κ1) is 15.4. The van der Waals surface area contributed by atoms with Gasteiger partial charge in [0.05, 0.1) is 6.42 Å². The van der Waals surface area contributed by atoms with Crippen molar-refractivity contribution in [2.75, 3.05) is 13.2 Å². The maximum absolute atomic E-state index is 13.5. The van der Waals surface area contributed by atoms with Gasteiger partial charge in [-0.1, -0.05) is 6.07 Å². The van der Waals surface area contributed by atoms with Crippen molar-refractivity contribution in [3.63, 3.8) is 0 Å². The van der Waals surface area contributed by atoms with Crippen LogP contribution in [0.5, 0.6) is 0 Å². The molecule has 114 valence electrons. The number of rotatable bonds is 4. The molecule has 0 aromatic heterocycles. The van der Waals surface area contributed by atoms with Gasteiger partial charge in [-0.3, -0.25) is 4.79 Å². The highest BCUT2D eigenvalue weighted by atomic mass is 19.1. The van der Waals surface area contributed by atoms with E-state index >= 15 is 0 Å². The minimum Gasteiger partial charge on any atom is -0.480 e. The van der Waals surface area contributed by atoms with Gasteiger partial charge in [0.2, 0.25) is 5.91 Å². The third-order valence-corrected chi connectivity index (χ3v) is 3.53. The summed E-state index contributed by atoms with van der Waals surface area (Å²) in [4.78, 5) is 23.3. The number of aliphatic carboxylic acids is 1. The predicted molar refractivity (Wildman–Crippen MR) is 68.6 cm³/mol. The summed E-state index contributed by atoms with van der Waals surface area (Å²) in [6.07, 6.45) is -0.309. The summed E-state index contributed by atoms with van der Waals surface area (Å²) >= 11 is 0. The van der Waals surface area contributed by atoms with Gasteiger partial charge in [0.25, 0.3) is 0 Å². The minimum absolute atomic E-state index is 0.119. The van der Waals surface area contributed by atoms with Crippen molar-refractivity contribution in [1.29, 1.82) is 0 Å². The number of amides is 1. The molecule has 7 heteroatoms. The number of nitrogens with one attached hydrogen (secondary N) is 1. The molecule has 5 nitrogen and oxygen atoms in total. The number of carbonyl (C=O) groups excluding carboxylic acids is 1. The lowest BCUT2D eigenvalue weighted by atomic mass is 9.89. The Kier molecular flexibility index (Phi) is 4.52. The molecule has 1 saturated heterocycles. The van der Waals surface area contributed by atoms with Crippen LogP contribution in [0, 0.1) is 11.6 Å². The second kappa shape index (κ2) is 6.17. The molecule has 1 amide bonds. The molecule has 0 aliphatic carbocycles. The predicted octanol–water partition coefficient (Wildman–Crippen LogP) is 1.26. The maximum atomic E-state index is 13.5. The number of carbonyl (C=O) groups is 2. The molecule has 1 heterocycles. The van der Waals surface area contributed by atoms with Crippen molar-refractivity contribution in [2.24, 2.45) is 0 Å². The van der Waals surface area contributed by atoms with E-state index in [2.05, 4.69) is 5.32 Å². The molecule has 0 unspecified atom stereocenters. The lowest BCUT2D eigenvalue weighted by molar-refractivity contribution is -0.152. The van der Waals surface area contributed by atoms with Gasteiger partial charge in [0.15, 0.2) is 0 Å². The second-order valence-electron chi connectivity index (χ2n) is 4.92. The molecule has 0 bridgehead atoms. The van der Waals surface area contributed by atoms with Gasteiger partial charge in [-0.15, -0.1) is 0 Å². The zero-order valence-corrected chi connectivity index (χ0v) is 11.2. The second-order valence-corrected chi connectivity index (χ2v) is 4.92. The Hall–Kier alpha value is -2.02. The number of ether oxygens (including phenoxy) is 1. The van der Waals surface area contributed by atoms with E-state index in [1.54, 1.807) is 0 Å². The van der Waals surface area contributed by atoms with Gasteiger partial charge in [-0.2, -0.15) is 0 Å². The molecule has 0 atom stereocenters. The van der Waals surface area contributed by atoms with Gasteiger partial charge < -0.3 is 15.2 Å². The standard InChI is InChI=1S/C14H15F2NO4/c15-10-2-1-3-11(16)9(10)8-12(18)17-14(13(19)20)4-6-21-7-5-14/h1-3H,4-8H2,(H,17,18)(H,19,20). The summed E-state index contributed by atoms with van der Waals surface area (Å²) in [7, 11) is 0. The number of hydrogen-bond acceptors (Lipinski definition) is 3. The van der Waals surface area contributed by atoms with E-state index in [9.17, 15) is 23.5 Å². The van der Waals surface area contributed by atoms with E-state index < -0.39 is 35.5 Å². The summed E-state index contributed by atoms with van der Waals surface area (Å²) in [6.45, 7) is 0.418. The van der Waals surface area contributed by atoms with E-state index in [4.69, 9.17) is 4.74 Å². The van der Waals surface area contributed by atoms with Crippen LogP contribution in [0.4, 0.5) is 8.78 Å². The van der Waals surface area contributed by atoms with Crippen molar-refractivity contribution in [3.05, 3.63) is 35.4 Å². The van der Waals surface area contributed by atoms with Crippen LogP contribution in [-0.2, 0) is 20.7 Å². The van der Waals surface area contributed by atoms with Crippen molar-refractivity contribution >= 4 is 11.9 Å². The van der Waals surface area contributed by atoms with Crippen LogP contribution in [0.15, 0.2) is 18.2 Å². The van der Waals surface area contributed by atoms with Crippen molar-refractivity contribution in [3.8, 4) is 0 Å². The largest absolute Gasteiger partial charge is 0.480 e. The van der Waals surface area contributed by atoms with Crippen LogP contribution >= 0.6 is 0 Å². The lowest BCUT2D eigenvalue weighted by Gasteiger charge is -2.33. The van der Waals surface area contributed by atoms with Crippen LogP contribution in [0.2, 0.25) is 0 Å². The fourth-order valence-electron chi connectivity index (χ4n) is 2.29. The molecule has 1 aromatic rings. The van der Waals surface area contributed by atoms with Crippen LogP contribution < -0.4 is 5.32 Å². The Balaban J connectivity index is 2.11. The van der Waals surface area contributed by atoms with Gasteiger partial charge in [-0.25, -0.2) is 13.6 Å². The fourth-order valence-corrected chi connectivity index (χ4v) is 2.29. The molecule has 2 rings (SSSR count). The van der Waals surface area contributed by atoms with E-state index in [0.717, 1.165) is 12.1 Å². The van der Waals surface area contributed by atoms with Gasteiger partial charge in [0, 0.05) is 31.6 Å². The van der Waals surface area contributed by atoms with Crippen LogP contribution in [0.25, 0.3) is 0 Å². The molecule has 2 N–H and O–H groups in total. The molecule has 0 radical (unpaired) electrons. The van der Waals surface area contributed by atoms with E-state index in [0.29, 0.717) is 0 Å². The maximum Gasteiger partial charge on any atom is 0.329 e. The molecular formula is C14H15F2NO4. The number of halogens is 2. The Labute approximate surface area is 119 Å². The Morgan fingerprint density at radius 3 is 2.33 bits per heavy atom. The van der Waals surface area contributed by atoms with Gasteiger partial charge >= 0.3 is 5.97 Å². The highest BCUT2D eigenvalue weighted by Gasteiger charge is 2.41. The third kappa shape index (κ3) is 3.36. The monoisotopic (exact) mass is 299 g/mol. The van der Waals surface area contributed by atoms with Crippen LogP contribution in [0.1, 0.15) is 18.4 Å². The van der Waals surface area contributed by atoms with E-state index in [-0.39, 0.29) is 31.6 Å². The van der Waals surface area contributed by atoms with Crippen LogP contribution in [-0.4, -0.2) is 35.7 Å². The first-order valence-electron chi connectivity index (χ1n) is 6.50. The zero-order chi connectivity index (χ0) is 15.5. The number of carboxylic acids is 1.